The highest BCUT2D eigenvalue weighted by atomic mass is 32.2. The molecule has 0 saturated carbocycles. The molecule has 1 aliphatic rings. The van der Waals surface area contributed by atoms with Gasteiger partial charge in [0.15, 0.2) is 0 Å². The van der Waals surface area contributed by atoms with E-state index >= 15 is 0 Å². The Bertz CT molecular complexity index is 6450. The van der Waals surface area contributed by atoms with Crippen LogP contribution in [0.25, 0.3) is 153 Å². The van der Waals surface area contributed by atoms with Crippen LogP contribution in [0.2, 0.25) is 0 Å². The van der Waals surface area contributed by atoms with E-state index in [0.717, 1.165) is 77.0 Å². The molecule has 4 aromatic heterocycles. The Kier molecular flexibility index (Phi) is 14.5. The highest BCUT2D eigenvalue weighted by Crippen LogP contribution is 2.41. The summed E-state index contributed by atoms with van der Waals surface area (Å²) in [7, 11) is -6.07. The molecule has 0 amide bonds. The number of benzene rings is 14. The number of alkyl halides is 3. The highest BCUT2D eigenvalue weighted by Gasteiger charge is 2.52. The van der Waals surface area contributed by atoms with Crippen LogP contribution < -0.4 is 9.65 Å². The van der Waals surface area contributed by atoms with Crippen LogP contribution in [0.1, 0.15) is 27.7 Å². The third kappa shape index (κ3) is 10.8. The minimum absolute atomic E-state index is 0.362. The second kappa shape index (κ2) is 23.4. The normalized spacial score (nSPS) is 13.9. The van der Waals surface area contributed by atoms with Crippen molar-refractivity contribution in [3.8, 4) is 39.1 Å². The van der Waals surface area contributed by atoms with E-state index in [1.54, 1.807) is 6.07 Å². The zero-order valence-corrected chi connectivity index (χ0v) is 55.0. The number of para-hydroxylation sites is 6. The summed E-state index contributed by atoms with van der Waals surface area (Å²) in [5.41, 5.74) is 10.3. The average Bonchev–Trinajstić information content (AvgIpc) is 1.63. The molecule has 0 spiro atoms. The molecule has 18 aromatic rings. The van der Waals surface area contributed by atoms with Gasteiger partial charge in [-0.1, -0.05) is 200 Å². The fourth-order valence-corrected chi connectivity index (χ4v) is 14.4. The largest absolute Gasteiger partial charge is 0.534 e. The number of pyridine rings is 2. The van der Waals surface area contributed by atoms with E-state index in [1.807, 2.05) is 54.6 Å². The molecule has 1 fully saturated rings. The van der Waals surface area contributed by atoms with E-state index in [0.29, 0.717) is 5.39 Å². The van der Waals surface area contributed by atoms with Gasteiger partial charge in [-0.2, -0.15) is 21.6 Å². The van der Waals surface area contributed by atoms with Crippen LogP contribution in [0.5, 0.6) is 5.75 Å². The van der Waals surface area contributed by atoms with Crippen LogP contribution in [0.15, 0.2) is 291 Å². The third-order valence-electron chi connectivity index (χ3n) is 19.7. The number of hydrogen-bond donors (Lipinski definition) is 0. The number of nitrogens with zero attached hydrogens (tertiary/aromatic N) is 4. The average molecular weight is 1320 g/mol. The smallest absolute Gasteiger partial charge is 0.399 e. The summed E-state index contributed by atoms with van der Waals surface area (Å²) in [4.78, 5) is 10.0. The highest BCUT2D eigenvalue weighted by molar-refractivity contribution is 7.88. The van der Waals surface area contributed by atoms with Crippen molar-refractivity contribution in [1.82, 2.24) is 18.8 Å². The Labute approximate surface area is 567 Å². The van der Waals surface area contributed by atoms with Gasteiger partial charge in [-0.25, -0.2) is 9.97 Å². The van der Waals surface area contributed by atoms with Crippen molar-refractivity contribution in [2.24, 2.45) is 0 Å². The van der Waals surface area contributed by atoms with Crippen LogP contribution in [0.4, 0.5) is 13.2 Å². The lowest BCUT2D eigenvalue weighted by molar-refractivity contribution is -0.0500. The summed E-state index contributed by atoms with van der Waals surface area (Å²) in [6.07, 6.45) is 0. The second-order valence-electron chi connectivity index (χ2n) is 26.3. The van der Waals surface area contributed by atoms with E-state index in [1.165, 1.54) is 94.4 Å². The first-order valence-electron chi connectivity index (χ1n) is 32.7. The summed E-state index contributed by atoms with van der Waals surface area (Å²) < 4.78 is 81.1. The van der Waals surface area contributed by atoms with Crippen LogP contribution in [-0.4, -0.2) is 51.0 Å². The first kappa shape index (κ1) is 61.2. The summed E-state index contributed by atoms with van der Waals surface area (Å²) in [6, 6.07) is 99.5. The molecule has 0 bridgehead atoms. The molecule has 99 heavy (non-hydrogen) atoms. The van der Waals surface area contributed by atoms with Crippen LogP contribution in [0, 0.1) is 0 Å². The summed E-state index contributed by atoms with van der Waals surface area (Å²) in [5, 5.41) is 15.7. The number of hydrogen-bond acceptors (Lipinski definition) is 7. The molecule has 14 heteroatoms. The summed E-state index contributed by atoms with van der Waals surface area (Å²) in [5.74, 6) is -0.386. The van der Waals surface area contributed by atoms with Crippen molar-refractivity contribution in [3.05, 3.63) is 291 Å². The molecule has 9 nitrogen and oxygen atoms in total. The summed E-state index contributed by atoms with van der Waals surface area (Å²) >= 11 is 0. The lowest BCUT2D eigenvalue weighted by Gasteiger charge is -2.32. The van der Waals surface area contributed by atoms with E-state index in [2.05, 4.69) is 253 Å². The first-order chi connectivity index (χ1) is 47.9. The van der Waals surface area contributed by atoms with Crippen molar-refractivity contribution < 1.29 is 35.1 Å². The quantitative estimate of drug-likeness (QED) is 0.0708. The topological polar surface area (TPSA) is 96.4 Å². The minimum Gasteiger partial charge on any atom is -0.399 e. The molecular weight excluding hydrogens is 1260 g/mol. The van der Waals surface area contributed by atoms with E-state index < -0.39 is 15.6 Å². The van der Waals surface area contributed by atoms with Crippen molar-refractivity contribution >= 4 is 143 Å². The van der Waals surface area contributed by atoms with Gasteiger partial charge in [-0.15, -0.1) is 0 Å². The van der Waals surface area contributed by atoms with Gasteiger partial charge in [-0.05, 0) is 211 Å². The maximum absolute atomic E-state index is 12.5. The molecule has 0 unspecified atom stereocenters. The number of rotatable bonds is 6. The van der Waals surface area contributed by atoms with Crippen molar-refractivity contribution in [2.75, 3.05) is 0 Å². The first-order valence-corrected chi connectivity index (χ1v) is 34.2. The van der Waals surface area contributed by atoms with Gasteiger partial charge in [0.05, 0.1) is 44.3 Å². The number of fused-ring (bicyclic) bond motifs is 20. The monoisotopic (exact) mass is 1320 g/mol. The molecule has 480 valence electrons. The Morgan fingerprint density at radius 2 is 0.697 bits per heavy atom. The van der Waals surface area contributed by atoms with Gasteiger partial charge in [0.1, 0.15) is 17.0 Å². The van der Waals surface area contributed by atoms with Gasteiger partial charge in [0.25, 0.3) is 0 Å². The van der Waals surface area contributed by atoms with Crippen molar-refractivity contribution in [2.45, 2.75) is 44.4 Å². The third-order valence-corrected chi connectivity index (χ3v) is 20.7. The van der Waals surface area contributed by atoms with Crippen molar-refractivity contribution in [1.29, 1.82) is 0 Å². The van der Waals surface area contributed by atoms with Gasteiger partial charge in [0.2, 0.25) is 0 Å². The molecule has 0 N–H and O–H groups in total. The van der Waals surface area contributed by atoms with Gasteiger partial charge in [0, 0.05) is 21.5 Å². The van der Waals surface area contributed by atoms with Gasteiger partial charge >= 0.3 is 22.7 Å². The number of aromatic nitrogens is 4. The van der Waals surface area contributed by atoms with E-state index in [9.17, 15) is 21.6 Å². The van der Waals surface area contributed by atoms with Gasteiger partial charge < -0.3 is 13.5 Å². The molecule has 0 radical (unpaired) electrons. The number of halogens is 3. The Morgan fingerprint density at radius 3 is 1.16 bits per heavy atom. The molecule has 1 aliphatic heterocycles. The molecule has 19 rings (SSSR count). The fourth-order valence-electron chi connectivity index (χ4n) is 13.9. The molecule has 14 aromatic carbocycles. The standard InChI is InChI=1S/C39H24N2.C25H23BN2O2.C21H13F3O3S/c1-2-8-26-21-27(14-13-25(26)7-1)28-15-16-30-23-31(18-17-29(30)22-28)32-19-20-34-35(24-32)33-9-3-5-11-37(33)41-38-12-6-4-10-36(38)40-39(34)41;1-24(2)25(3,4)30-26(29-24)16-13-14-18-19(15-16)17-9-5-7-11-21(17)28-22-12-8-6-10-20(22)27-23(18)28;22-21(23,24)28(25,26)27-20-10-9-18-12-17(7-8-19(18)13-20)16-6-5-14-3-1-2-4-15(14)11-16/h1-24H;5-15H,1-4H3;1-13H. The molecular formula is C85H60BF3N4O5S. The van der Waals surface area contributed by atoms with Crippen LogP contribution >= 0.6 is 0 Å². The predicted octanol–water partition coefficient (Wildman–Crippen LogP) is 21.4. The zero-order valence-electron chi connectivity index (χ0n) is 54.2. The van der Waals surface area contributed by atoms with Crippen LogP contribution in [0.3, 0.4) is 0 Å². The lowest BCUT2D eigenvalue weighted by Crippen LogP contribution is -2.41. The SMILES string of the molecule is CC1(C)OB(c2ccc3c(c2)c2ccccc2n2c4ccccc4nc32)OC1(C)C.O=S(=O)(Oc1ccc2cc(-c3ccc4ccccc4c3)ccc2c1)C(F)(F)F.c1ccc2cc(-c3ccc4cc(-c5ccc6c(c5)c5ccccc5n5c7ccccc7nc65)ccc4c3)ccc2c1. The minimum atomic E-state index is -5.69. The fraction of sp³-hybridized carbons (Fsp3) is 0.0824. The Morgan fingerprint density at radius 1 is 0.354 bits per heavy atom. The van der Waals surface area contributed by atoms with Crippen LogP contribution in [-0.2, 0) is 19.4 Å². The zero-order chi connectivity index (χ0) is 67.5. The lowest BCUT2D eigenvalue weighted by atomic mass is 9.78. The second-order valence-corrected chi connectivity index (χ2v) is 27.9. The molecule has 0 atom stereocenters. The maximum Gasteiger partial charge on any atom is 0.534 e. The van der Waals surface area contributed by atoms with Gasteiger partial charge in [-0.3, -0.25) is 8.80 Å². The van der Waals surface area contributed by atoms with E-state index in [4.69, 9.17) is 19.3 Å². The molecule has 1 saturated heterocycles. The Hall–Kier alpha value is -11.4. The molecule has 0 aliphatic carbocycles. The maximum atomic E-state index is 12.5. The van der Waals surface area contributed by atoms with Crippen molar-refractivity contribution in [3.63, 3.8) is 0 Å². The number of imidazole rings is 2. The summed E-state index contributed by atoms with van der Waals surface area (Å²) in [6.45, 7) is 8.35. The predicted molar refractivity (Wildman–Crippen MR) is 400 cm³/mol. The van der Waals surface area contributed by atoms with E-state index in [-0.39, 0.29) is 24.1 Å². The molecule has 5 heterocycles. The Balaban J connectivity index is 0.000000114.